The molecule has 0 spiro atoms. The van der Waals surface area contributed by atoms with Gasteiger partial charge in [0.05, 0.1) is 17.6 Å². The second-order valence-corrected chi connectivity index (χ2v) is 4.15. The van der Waals surface area contributed by atoms with Crippen LogP contribution in [0.1, 0.15) is 0 Å². The first-order chi connectivity index (χ1) is 9.84. The Kier molecular flexibility index (Phi) is 3.33. The van der Waals surface area contributed by atoms with E-state index in [1.54, 1.807) is 18.2 Å². The third-order valence-electron chi connectivity index (χ3n) is 2.79. The summed E-state index contributed by atoms with van der Waals surface area (Å²) in [6, 6.07) is 15.8. The molecule has 0 radical (unpaired) electrons. The van der Waals surface area contributed by atoms with Gasteiger partial charge in [-0.05, 0) is 24.3 Å². The molecule has 0 aliphatic heterocycles. The Labute approximate surface area is 115 Å². The van der Waals surface area contributed by atoms with E-state index < -0.39 is 0 Å². The number of nitrogens with one attached hydrogen (secondary N) is 1. The lowest BCUT2D eigenvalue weighted by atomic mass is 10.1. The third-order valence-corrected chi connectivity index (χ3v) is 2.79. The minimum Gasteiger partial charge on any atom is -0.275 e. The highest BCUT2D eigenvalue weighted by molar-refractivity contribution is 5.71. The minimum absolute atomic E-state index is 0.326. The Balaban J connectivity index is 1.96. The lowest BCUT2D eigenvalue weighted by molar-refractivity contribution is 0.630. The molecule has 5 heteroatoms. The van der Waals surface area contributed by atoms with Crippen LogP contribution < -0.4 is 0 Å². The van der Waals surface area contributed by atoms with Crippen molar-refractivity contribution in [3.05, 3.63) is 66.6 Å². The number of nitrogens with zero attached hydrogens (tertiary/aromatic N) is 3. The molecule has 0 unspecified atom stereocenters. The summed E-state index contributed by atoms with van der Waals surface area (Å²) in [7, 11) is 0. The van der Waals surface area contributed by atoms with E-state index in [4.69, 9.17) is 0 Å². The van der Waals surface area contributed by atoms with Crippen molar-refractivity contribution in [3.63, 3.8) is 0 Å². The summed E-state index contributed by atoms with van der Waals surface area (Å²) < 4.78 is 13.8. The fraction of sp³-hybridized carbons (Fsp3) is 0. The molecule has 98 valence electrons. The van der Waals surface area contributed by atoms with Gasteiger partial charge < -0.3 is 0 Å². The molecule has 1 heterocycles. The van der Waals surface area contributed by atoms with Crippen molar-refractivity contribution in [1.82, 2.24) is 10.2 Å². The molecule has 0 amide bonds. The Morgan fingerprint density at radius 3 is 2.45 bits per heavy atom. The molecule has 0 saturated carbocycles. The zero-order chi connectivity index (χ0) is 13.8. The Morgan fingerprint density at radius 1 is 0.900 bits per heavy atom. The molecular formula is C15H11FN4. The Hall–Kier alpha value is -2.82. The first-order valence-corrected chi connectivity index (χ1v) is 6.09. The molecule has 1 aromatic heterocycles. The Morgan fingerprint density at radius 2 is 1.65 bits per heavy atom. The first kappa shape index (κ1) is 12.2. The van der Waals surface area contributed by atoms with Crippen molar-refractivity contribution in [2.75, 3.05) is 0 Å². The maximum absolute atomic E-state index is 13.8. The molecule has 0 saturated heterocycles. The molecule has 0 fully saturated rings. The van der Waals surface area contributed by atoms with Crippen LogP contribution in [0.4, 0.5) is 15.8 Å². The van der Waals surface area contributed by atoms with Gasteiger partial charge in [0.1, 0.15) is 11.5 Å². The molecule has 0 atom stereocenters. The van der Waals surface area contributed by atoms with Crippen molar-refractivity contribution in [1.29, 1.82) is 0 Å². The van der Waals surface area contributed by atoms with Crippen LogP contribution in [0.25, 0.3) is 11.3 Å². The van der Waals surface area contributed by atoms with E-state index >= 15 is 0 Å². The number of aromatic amines is 1. The molecule has 0 aliphatic carbocycles. The van der Waals surface area contributed by atoms with Crippen molar-refractivity contribution < 1.29 is 4.39 Å². The van der Waals surface area contributed by atoms with E-state index in [-0.39, 0.29) is 5.82 Å². The van der Waals surface area contributed by atoms with Gasteiger partial charge in [-0.2, -0.15) is 10.2 Å². The van der Waals surface area contributed by atoms with Gasteiger partial charge in [0.2, 0.25) is 0 Å². The van der Waals surface area contributed by atoms with Crippen molar-refractivity contribution >= 4 is 11.4 Å². The summed E-state index contributed by atoms with van der Waals surface area (Å²) >= 11 is 0. The summed E-state index contributed by atoms with van der Waals surface area (Å²) in [5, 5.41) is 14.9. The van der Waals surface area contributed by atoms with Gasteiger partial charge in [-0.1, -0.05) is 30.3 Å². The number of benzene rings is 2. The highest BCUT2D eigenvalue weighted by Crippen LogP contribution is 2.30. The zero-order valence-corrected chi connectivity index (χ0v) is 10.5. The lowest BCUT2D eigenvalue weighted by Gasteiger charge is -2.00. The van der Waals surface area contributed by atoms with Gasteiger partial charge in [0, 0.05) is 5.56 Å². The second-order valence-electron chi connectivity index (χ2n) is 4.15. The molecule has 20 heavy (non-hydrogen) atoms. The van der Waals surface area contributed by atoms with E-state index in [9.17, 15) is 4.39 Å². The van der Waals surface area contributed by atoms with Gasteiger partial charge >= 0.3 is 0 Å². The number of hydrogen-bond acceptors (Lipinski definition) is 3. The number of H-pyrrole nitrogens is 1. The van der Waals surface area contributed by atoms with E-state index in [0.29, 0.717) is 16.9 Å². The normalized spacial score (nSPS) is 11.1. The summed E-state index contributed by atoms with van der Waals surface area (Å²) in [6.45, 7) is 0. The van der Waals surface area contributed by atoms with Gasteiger partial charge in [-0.15, -0.1) is 5.11 Å². The lowest BCUT2D eigenvalue weighted by Crippen LogP contribution is -1.83. The molecule has 1 N–H and O–H groups in total. The zero-order valence-electron chi connectivity index (χ0n) is 10.5. The molecule has 4 nitrogen and oxygen atoms in total. The number of aromatic nitrogens is 2. The van der Waals surface area contributed by atoms with Gasteiger partial charge in [-0.3, -0.25) is 5.10 Å². The minimum atomic E-state index is -0.326. The summed E-state index contributed by atoms with van der Waals surface area (Å²) in [6.07, 6.45) is 1.52. The largest absolute Gasteiger partial charge is 0.275 e. The summed E-state index contributed by atoms with van der Waals surface area (Å²) in [4.78, 5) is 0. The SMILES string of the molecule is Fc1ccccc1-c1[nH]ncc1N=Nc1ccccc1. The van der Waals surface area contributed by atoms with E-state index in [1.165, 1.54) is 12.3 Å². The summed E-state index contributed by atoms with van der Waals surface area (Å²) in [5.41, 5.74) is 2.17. The van der Waals surface area contributed by atoms with Crippen LogP contribution >= 0.6 is 0 Å². The number of hydrogen-bond donors (Lipinski definition) is 1. The fourth-order valence-corrected chi connectivity index (χ4v) is 1.82. The number of azo groups is 1. The second kappa shape index (κ2) is 5.44. The van der Waals surface area contributed by atoms with Crippen LogP contribution in [-0.2, 0) is 0 Å². The van der Waals surface area contributed by atoms with Crippen molar-refractivity contribution in [2.24, 2.45) is 10.2 Å². The quantitative estimate of drug-likeness (QED) is 0.690. The fourth-order valence-electron chi connectivity index (χ4n) is 1.82. The monoisotopic (exact) mass is 266 g/mol. The number of rotatable bonds is 3. The van der Waals surface area contributed by atoms with Crippen molar-refractivity contribution in [2.45, 2.75) is 0 Å². The molecule has 2 aromatic carbocycles. The molecular weight excluding hydrogens is 255 g/mol. The van der Waals surface area contributed by atoms with Crippen LogP contribution in [0.2, 0.25) is 0 Å². The topological polar surface area (TPSA) is 53.4 Å². The first-order valence-electron chi connectivity index (χ1n) is 6.09. The molecule has 3 rings (SSSR count). The van der Waals surface area contributed by atoms with Crippen LogP contribution in [0.3, 0.4) is 0 Å². The standard InChI is InChI=1S/C15H11FN4/c16-13-9-5-4-8-12(13)15-14(10-17-20-15)19-18-11-6-2-1-3-7-11/h1-10H,(H,17,20). The van der Waals surface area contributed by atoms with Gasteiger partial charge in [0.25, 0.3) is 0 Å². The van der Waals surface area contributed by atoms with Crippen LogP contribution in [-0.4, -0.2) is 10.2 Å². The van der Waals surface area contributed by atoms with Crippen LogP contribution in [0.5, 0.6) is 0 Å². The van der Waals surface area contributed by atoms with E-state index in [1.807, 2.05) is 30.3 Å². The predicted molar refractivity (Wildman–Crippen MR) is 74.6 cm³/mol. The molecule has 0 aliphatic rings. The van der Waals surface area contributed by atoms with Crippen molar-refractivity contribution in [3.8, 4) is 11.3 Å². The number of halogens is 1. The average Bonchev–Trinajstić information content (AvgIpc) is 2.95. The maximum Gasteiger partial charge on any atom is 0.132 e. The van der Waals surface area contributed by atoms with E-state index in [2.05, 4.69) is 20.4 Å². The van der Waals surface area contributed by atoms with Crippen LogP contribution in [0, 0.1) is 5.82 Å². The highest BCUT2D eigenvalue weighted by atomic mass is 19.1. The highest BCUT2D eigenvalue weighted by Gasteiger charge is 2.11. The molecule has 3 aromatic rings. The van der Waals surface area contributed by atoms with Crippen LogP contribution in [0.15, 0.2) is 71.0 Å². The smallest absolute Gasteiger partial charge is 0.132 e. The third kappa shape index (κ3) is 2.47. The van der Waals surface area contributed by atoms with Gasteiger partial charge in [-0.25, -0.2) is 4.39 Å². The molecule has 0 bridgehead atoms. The summed E-state index contributed by atoms with van der Waals surface area (Å²) in [5.74, 6) is -0.326. The maximum atomic E-state index is 13.8. The Bertz CT molecular complexity index is 734. The predicted octanol–water partition coefficient (Wildman–Crippen LogP) is 4.63. The van der Waals surface area contributed by atoms with Gasteiger partial charge in [0.15, 0.2) is 0 Å². The van der Waals surface area contributed by atoms with E-state index in [0.717, 1.165) is 5.69 Å². The average molecular weight is 266 g/mol.